The van der Waals surface area contributed by atoms with Gasteiger partial charge in [-0.1, -0.05) is 12.1 Å². The quantitative estimate of drug-likeness (QED) is 0.939. The minimum atomic E-state index is -4.30. The molecule has 0 radical (unpaired) electrons. The zero-order valence-electron chi connectivity index (χ0n) is 10.7. The van der Waals surface area contributed by atoms with Crippen molar-refractivity contribution in [1.82, 2.24) is 9.78 Å². The highest BCUT2D eigenvalue weighted by molar-refractivity contribution is 5.64. The zero-order valence-corrected chi connectivity index (χ0v) is 10.7. The number of hydrogen-bond donors (Lipinski definition) is 1. The van der Waals surface area contributed by atoms with E-state index in [1.54, 1.807) is 18.2 Å². The standard InChI is InChI=1S/C13H13F3N2O2/c1-20-12-4-9(2-3-10(12)7-19)11-5-17-18(6-11)8-13(14,15)16/h2-6,19H,7-8H2,1H3. The number of benzene rings is 1. The van der Waals surface area contributed by atoms with Gasteiger partial charge in [-0.05, 0) is 11.6 Å². The maximum Gasteiger partial charge on any atom is 0.408 e. The monoisotopic (exact) mass is 286 g/mol. The van der Waals surface area contributed by atoms with Crippen LogP contribution >= 0.6 is 0 Å². The van der Waals surface area contributed by atoms with Crippen LogP contribution in [-0.2, 0) is 13.2 Å². The fraction of sp³-hybridized carbons (Fsp3) is 0.308. The fourth-order valence-corrected chi connectivity index (χ4v) is 1.84. The van der Waals surface area contributed by atoms with Crippen molar-refractivity contribution in [3.63, 3.8) is 0 Å². The Balaban J connectivity index is 2.28. The smallest absolute Gasteiger partial charge is 0.408 e. The highest BCUT2D eigenvalue weighted by Crippen LogP contribution is 2.27. The average molecular weight is 286 g/mol. The van der Waals surface area contributed by atoms with Crippen molar-refractivity contribution in [3.05, 3.63) is 36.2 Å². The number of hydrogen-bond acceptors (Lipinski definition) is 3. The van der Waals surface area contributed by atoms with Crippen molar-refractivity contribution >= 4 is 0 Å². The van der Waals surface area contributed by atoms with Gasteiger partial charge in [-0.15, -0.1) is 0 Å². The molecule has 0 unspecified atom stereocenters. The summed E-state index contributed by atoms with van der Waals surface area (Å²) in [5.74, 6) is 0.480. The lowest BCUT2D eigenvalue weighted by Gasteiger charge is -2.08. The lowest BCUT2D eigenvalue weighted by atomic mass is 10.1. The maximum absolute atomic E-state index is 12.3. The largest absolute Gasteiger partial charge is 0.496 e. The Morgan fingerprint density at radius 3 is 2.65 bits per heavy atom. The van der Waals surface area contributed by atoms with Crippen molar-refractivity contribution in [2.24, 2.45) is 0 Å². The van der Waals surface area contributed by atoms with E-state index in [-0.39, 0.29) is 6.61 Å². The molecule has 4 nitrogen and oxygen atoms in total. The van der Waals surface area contributed by atoms with Crippen LogP contribution in [0.15, 0.2) is 30.6 Å². The fourth-order valence-electron chi connectivity index (χ4n) is 1.84. The Morgan fingerprint density at radius 2 is 2.05 bits per heavy atom. The number of aliphatic hydroxyl groups is 1. The molecule has 0 spiro atoms. The first-order valence-electron chi connectivity index (χ1n) is 5.80. The van der Waals surface area contributed by atoms with Gasteiger partial charge < -0.3 is 9.84 Å². The number of alkyl halides is 3. The van der Waals surface area contributed by atoms with Crippen LogP contribution in [-0.4, -0.2) is 28.2 Å². The molecule has 1 aromatic carbocycles. The van der Waals surface area contributed by atoms with Gasteiger partial charge in [0.25, 0.3) is 0 Å². The Hall–Kier alpha value is -2.02. The van der Waals surface area contributed by atoms with E-state index < -0.39 is 12.7 Å². The number of nitrogens with zero attached hydrogens (tertiary/aromatic N) is 2. The maximum atomic E-state index is 12.3. The topological polar surface area (TPSA) is 47.3 Å². The summed E-state index contributed by atoms with van der Waals surface area (Å²) in [5.41, 5.74) is 1.84. The predicted octanol–water partition coefficient (Wildman–Crippen LogP) is 2.61. The Bertz CT molecular complexity index is 594. The van der Waals surface area contributed by atoms with Gasteiger partial charge in [-0.2, -0.15) is 18.3 Å². The van der Waals surface area contributed by atoms with Crippen LogP contribution in [0, 0.1) is 0 Å². The predicted molar refractivity (Wildman–Crippen MR) is 66.2 cm³/mol. The summed E-state index contributed by atoms with van der Waals surface area (Å²) in [5, 5.41) is 12.8. The Kier molecular flexibility index (Phi) is 3.99. The molecule has 0 bridgehead atoms. The van der Waals surface area contributed by atoms with Crippen LogP contribution in [0.1, 0.15) is 5.56 Å². The molecule has 0 atom stereocenters. The summed E-state index contributed by atoms with van der Waals surface area (Å²) in [4.78, 5) is 0. The van der Waals surface area contributed by atoms with E-state index in [0.717, 1.165) is 4.68 Å². The SMILES string of the molecule is COc1cc(-c2cnn(CC(F)(F)F)c2)ccc1CO. The van der Waals surface area contributed by atoms with Gasteiger partial charge in [0.2, 0.25) is 0 Å². The lowest BCUT2D eigenvalue weighted by molar-refractivity contribution is -0.142. The van der Waals surface area contributed by atoms with Gasteiger partial charge in [-0.25, -0.2) is 0 Å². The van der Waals surface area contributed by atoms with Gasteiger partial charge in [-0.3, -0.25) is 4.68 Å². The molecule has 0 aliphatic carbocycles. The minimum absolute atomic E-state index is 0.170. The molecule has 7 heteroatoms. The highest BCUT2D eigenvalue weighted by Gasteiger charge is 2.28. The molecule has 1 aromatic heterocycles. The molecular formula is C13H13F3N2O2. The number of halogens is 3. The summed E-state index contributed by atoms with van der Waals surface area (Å²) < 4.78 is 42.7. The van der Waals surface area contributed by atoms with Gasteiger partial charge >= 0.3 is 6.18 Å². The highest BCUT2D eigenvalue weighted by atomic mass is 19.4. The number of aliphatic hydroxyl groups excluding tert-OH is 1. The second kappa shape index (κ2) is 5.54. The number of rotatable bonds is 4. The van der Waals surface area contributed by atoms with Gasteiger partial charge in [0.1, 0.15) is 12.3 Å². The zero-order chi connectivity index (χ0) is 14.8. The number of ether oxygens (including phenoxy) is 1. The molecule has 2 rings (SSSR count). The first kappa shape index (κ1) is 14.4. The molecule has 1 N–H and O–H groups in total. The van der Waals surface area contributed by atoms with Crippen LogP contribution in [0.5, 0.6) is 5.75 Å². The van der Waals surface area contributed by atoms with Crippen LogP contribution in [0.4, 0.5) is 13.2 Å². The molecule has 0 aliphatic heterocycles. The molecular weight excluding hydrogens is 273 g/mol. The number of aromatic nitrogens is 2. The first-order chi connectivity index (χ1) is 9.43. The molecule has 0 fully saturated rings. The van der Waals surface area contributed by atoms with E-state index in [0.29, 0.717) is 22.4 Å². The molecule has 0 amide bonds. The van der Waals surface area contributed by atoms with Crippen molar-refractivity contribution in [3.8, 4) is 16.9 Å². The van der Waals surface area contributed by atoms with E-state index in [4.69, 9.17) is 9.84 Å². The van der Waals surface area contributed by atoms with Crippen molar-refractivity contribution < 1.29 is 23.0 Å². The summed E-state index contributed by atoms with van der Waals surface area (Å²) in [6.07, 6.45) is -1.62. The average Bonchev–Trinajstić information content (AvgIpc) is 2.84. The third-order valence-electron chi connectivity index (χ3n) is 2.77. The molecule has 0 saturated carbocycles. The first-order valence-corrected chi connectivity index (χ1v) is 5.80. The molecule has 0 aliphatic rings. The van der Waals surface area contributed by atoms with Crippen LogP contribution in [0.25, 0.3) is 11.1 Å². The second-order valence-corrected chi connectivity index (χ2v) is 4.23. The summed E-state index contributed by atoms with van der Waals surface area (Å²) in [7, 11) is 1.46. The summed E-state index contributed by atoms with van der Waals surface area (Å²) in [6, 6.07) is 5.01. The number of methoxy groups -OCH3 is 1. The van der Waals surface area contributed by atoms with Crippen LogP contribution < -0.4 is 4.74 Å². The molecule has 108 valence electrons. The van der Waals surface area contributed by atoms with E-state index in [9.17, 15) is 13.2 Å². The second-order valence-electron chi connectivity index (χ2n) is 4.23. The van der Waals surface area contributed by atoms with Crippen molar-refractivity contribution in [2.75, 3.05) is 7.11 Å². The molecule has 2 aromatic rings. The van der Waals surface area contributed by atoms with Gasteiger partial charge in [0, 0.05) is 17.3 Å². The normalized spacial score (nSPS) is 11.7. The molecule has 1 heterocycles. The van der Waals surface area contributed by atoms with Crippen LogP contribution in [0.3, 0.4) is 0 Å². The third kappa shape index (κ3) is 3.30. The van der Waals surface area contributed by atoms with Crippen LogP contribution in [0.2, 0.25) is 0 Å². The summed E-state index contributed by atoms with van der Waals surface area (Å²) in [6.45, 7) is -1.30. The molecule has 0 saturated heterocycles. The Labute approximate surface area is 113 Å². The van der Waals surface area contributed by atoms with E-state index in [2.05, 4.69) is 5.10 Å². The van der Waals surface area contributed by atoms with E-state index in [1.807, 2.05) is 0 Å². The summed E-state index contributed by atoms with van der Waals surface area (Å²) >= 11 is 0. The minimum Gasteiger partial charge on any atom is -0.496 e. The lowest BCUT2D eigenvalue weighted by Crippen LogP contribution is -2.17. The van der Waals surface area contributed by atoms with E-state index in [1.165, 1.54) is 19.5 Å². The van der Waals surface area contributed by atoms with Crippen molar-refractivity contribution in [1.29, 1.82) is 0 Å². The van der Waals surface area contributed by atoms with Gasteiger partial charge in [0.15, 0.2) is 0 Å². The van der Waals surface area contributed by atoms with Crippen molar-refractivity contribution in [2.45, 2.75) is 19.3 Å². The van der Waals surface area contributed by atoms with E-state index >= 15 is 0 Å². The molecule has 20 heavy (non-hydrogen) atoms. The van der Waals surface area contributed by atoms with Gasteiger partial charge in [0.05, 0.1) is 19.9 Å². The third-order valence-corrected chi connectivity index (χ3v) is 2.77. The Morgan fingerprint density at radius 1 is 1.30 bits per heavy atom.